The molecule has 0 N–H and O–H groups in total. The number of benzene rings is 3. The summed E-state index contributed by atoms with van der Waals surface area (Å²) in [7, 11) is 25.0. The number of para-hydroxylation sites is 3. The molecule has 0 unspecified atom stereocenters. The summed E-state index contributed by atoms with van der Waals surface area (Å²) in [5.74, 6) is 0. The Hall–Kier alpha value is -2.87. The van der Waals surface area contributed by atoms with E-state index >= 15 is 0 Å². The molecule has 0 aromatic heterocycles. The Morgan fingerprint density at radius 3 is 0.933 bits per heavy atom. The predicted molar refractivity (Wildman–Crippen MR) is 196 cm³/mol. The number of nitrogens with zero attached hydrogens (tertiary/aromatic N) is 6. The molecule has 0 aliphatic heterocycles. The third-order valence-corrected chi connectivity index (χ3v) is 7.23. The average molecular weight is 648 g/mol. The van der Waals surface area contributed by atoms with Gasteiger partial charge in [-0.1, -0.05) is 54.6 Å². The molecule has 0 radical (unpaired) electrons. The van der Waals surface area contributed by atoms with Crippen molar-refractivity contribution >= 4 is 17.1 Å². The summed E-state index contributed by atoms with van der Waals surface area (Å²) in [6.07, 6.45) is 7.56. The van der Waals surface area contributed by atoms with Crippen molar-refractivity contribution in [3.63, 3.8) is 0 Å². The molecule has 6 nitrogen and oxygen atoms in total. The number of anilines is 3. The van der Waals surface area contributed by atoms with Crippen LogP contribution >= 0.6 is 0 Å². The SMILES string of the molecule is CN(C)Cc1ccccc1N(C)C.CN(C)Cc1ccccc1N(C)C.CN(C)Cc1ccccc1N(C)C.[Ti][C]1=CC=CC1. The van der Waals surface area contributed by atoms with Crippen molar-refractivity contribution in [2.45, 2.75) is 26.1 Å². The zero-order chi connectivity index (χ0) is 33.9. The summed E-state index contributed by atoms with van der Waals surface area (Å²) in [4.78, 5) is 13.0. The first kappa shape index (κ1) is 40.2. The van der Waals surface area contributed by atoms with Gasteiger partial charge in [-0.05, 0) is 77.2 Å². The van der Waals surface area contributed by atoms with Crippen molar-refractivity contribution in [1.29, 1.82) is 0 Å². The molecular weight excluding hydrogens is 588 g/mol. The number of allylic oxidation sites excluding steroid dienone is 4. The van der Waals surface area contributed by atoms with Crippen molar-refractivity contribution in [2.75, 3.05) is 99.3 Å². The van der Waals surface area contributed by atoms with Gasteiger partial charge in [0.25, 0.3) is 0 Å². The van der Waals surface area contributed by atoms with Crippen molar-refractivity contribution in [3.05, 3.63) is 112 Å². The van der Waals surface area contributed by atoms with Gasteiger partial charge in [-0.15, -0.1) is 0 Å². The van der Waals surface area contributed by atoms with Crippen LogP contribution in [0.3, 0.4) is 0 Å². The molecule has 3 aromatic carbocycles. The first-order valence-corrected chi connectivity index (χ1v) is 16.3. The molecule has 245 valence electrons. The normalized spacial score (nSPS) is 11.6. The van der Waals surface area contributed by atoms with Crippen LogP contribution in [0.2, 0.25) is 0 Å². The van der Waals surface area contributed by atoms with Gasteiger partial charge in [-0.3, -0.25) is 0 Å². The van der Waals surface area contributed by atoms with Gasteiger partial charge in [0, 0.05) is 79.0 Å². The van der Waals surface area contributed by atoms with Crippen LogP contribution in [0.25, 0.3) is 0 Å². The van der Waals surface area contributed by atoms with Crippen molar-refractivity contribution < 1.29 is 20.4 Å². The molecule has 0 bridgehead atoms. The summed E-state index contributed by atoms with van der Waals surface area (Å²) in [6.45, 7) is 2.98. The molecule has 1 aliphatic rings. The van der Waals surface area contributed by atoms with E-state index in [1.807, 2.05) is 0 Å². The van der Waals surface area contributed by atoms with Crippen LogP contribution in [0.5, 0.6) is 0 Å². The molecule has 0 heterocycles. The fourth-order valence-corrected chi connectivity index (χ4v) is 5.05. The van der Waals surface area contributed by atoms with Crippen LogP contribution in [0.4, 0.5) is 17.1 Å². The molecule has 4 rings (SSSR count). The van der Waals surface area contributed by atoms with Gasteiger partial charge in [0.1, 0.15) is 0 Å². The Morgan fingerprint density at radius 2 is 0.756 bits per heavy atom. The van der Waals surface area contributed by atoms with E-state index in [0.717, 1.165) is 19.6 Å². The molecule has 45 heavy (non-hydrogen) atoms. The van der Waals surface area contributed by atoms with Gasteiger partial charge in [0.15, 0.2) is 0 Å². The Kier molecular flexibility index (Phi) is 19.5. The molecule has 0 amide bonds. The van der Waals surface area contributed by atoms with E-state index in [0.29, 0.717) is 0 Å². The van der Waals surface area contributed by atoms with Gasteiger partial charge in [-0.2, -0.15) is 0 Å². The van der Waals surface area contributed by atoms with Crippen LogP contribution in [-0.2, 0) is 40.1 Å². The monoisotopic (exact) mass is 647 g/mol. The summed E-state index contributed by atoms with van der Waals surface area (Å²) >= 11 is 2.14. The number of hydrogen-bond acceptors (Lipinski definition) is 6. The van der Waals surface area contributed by atoms with Gasteiger partial charge in [-0.25, -0.2) is 0 Å². The Labute approximate surface area is 288 Å². The zero-order valence-corrected chi connectivity index (χ0v) is 31.7. The molecule has 3 aromatic rings. The van der Waals surface area contributed by atoms with E-state index in [-0.39, 0.29) is 0 Å². The van der Waals surface area contributed by atoms with Crippen LogP contribution in [0, 0.1) is 0 Å². The second kappa shape index (κ2) is 21.8. The molecule has 0 saturated heterocycles. The first-order chi connectivity index (χ1) is 21.2. The average Bonchev–Trinajstić information content (AvgIpc) is 3.44. The fourth-order valence-electron chi connectivity index (χ4n) is 4.71. The maximum atomic E-state index is 2.18. The van der Waals surface area contributed by atoms with Crippen LogP contribution < -0.4 is 14.7 Å². The molecule has 0 spiro atoms. The quantitative estimate of drug-likeness (QED) is 0.236. The molecule has 0 fully saturated rings. The van der Waals surface area contributed by atoms with Gasteiger partial charge < -0.3 is 29.4 Å². The van der Waals surface area contributed by atoms with Crippen molar-refractivity contribution in [3.8, 4) is 0 Å². The van der Waals surface area contributed by atoms with Crippen molar-refractivity contribution in [1.82, 2.24) is 14.7 Å². The standard InChI is InChI=1S/3C11H18N2.C5H5.Ti/c3*1-12(2)9-10-7-5-6-8-11(10)13(3)4;1-2-4-5-3-1;/h3*5-8H,9H2,1-4H3;1-3H,4H2;. The van der Waals surface area contributed by atoms with Crippen molar-refractivity contribution in [2.24, 2.45) is 0 Å². The zero-order valence-electron chi connectivity index (χ0n) is 30.2. The number of hydrogen-bond donors (Lipinski definition) is 0. The van der Waals surface area contributed by atoms with Gasteiger partial charge in [0.2, 0.25) is 0 Å². The molecular formula is C38H59N6Ti. The van der Waals surface area contributed by atoms with Gasteiger partial charge >= 0.3 is 49.0 Å². The fraction of sp³-hybridized carbons (Fsp3) is 0.421. The molecule has 7 heteroatoms. The summed E-state index contributed by atoms with van der Waals surface area (Å²) in [5, 5.41) is 0. The van der Waals surface area contributed by atoms with Crippen LogP contribution in [-0.4, -0.2) is 99.3 Å². The third-order valence-electron chi connectivity index (χ3n) is 6.65. The van der Waals surface area contributed by atoms with E-state index in [1.54, 1.807) is 0 Å². The molecule has 0 saturated carbocycles. The summed E-state index contributed by atoms with van der Waals surface area (Å²) in [5.41, 5.74) is 8.02. The van der Waals surface area contributed by atoms with E-state index in [1.165, 1.54) is 44.1 Å². The minimum atomic E-state index is 0.994. The number of rotatable bonds is 9. The third kappa shape index (κ3) is 16.9. The second-order valence-electron chi connectivity index (χ2n) is 12.6. The predicted octanol–water partition coefficient (Wildman–Crippen LogP) is 6.82. The molecule has 0 atom stereocenters. The first-order valence-electron chi connectivity index (χ1n) is 15.5. The maximum absolute atomic E-state index is 2.18. The Balaban J connectivity index is 0.000000309. The second-order valence-corrected chi connectivity index (χ2v) is 13.6. The van der Waals surface area contributed by atoms with E-state index < -0.39 is 0 Å². The topological polar surface area (TPSA) is 19.4 Å². The van der Waals surface area contributed by atoms with E-state index in [2.05, 4.69) is 225 Å². The van der Waals surface area contributed by atoms with Crippen LogP contribution in [0.1, 0.15) is 23.1 Å². The van der Waals surface area contributed by atoms with Gasteiger partial charge in [0.05, 0.1) is 0 Å². The summed E-state index contributed by atoms with van der Waals surface area (Å²) in [6, 6.07) is 25.5. The molecule has 1 aliphatic carbocycles. The Bertz CT molecular complexity index is 1160. The minimum absolute atomic E-state index is 0.994. The van der Waals surface area contributed by atoms with E-state index in [9.17, 15) is 0 Å². The van der Waals surface area contributed by atoms with E-state index in [4.69, 9.17) is 0 Å². The Morgan fingerprint density at radius 1 is 0.467 bits per heavy atom. The van der Waals surface area contributed by atoms with Crippen LogP contribution in [0.15, 0.2) is 94.9 Å². The summed E-state index contributed by atoms with van der Waals surface area (Å²) < 4.78 is 1.47.